The van der Waals surface area contributed by atoms with Crippen LogP contribution in [-0.2, 0) is 9.53 Å². The number of piperazine rings is 1. The number of ether oxygens (including phenoxy) is 1. The van der Waals surface area contributed by atoms with Gasteiger partial charge in [0.2, 0.25) is 0 Å². The lowest BCUT2D eigenvalue weighted by Crippen LogP contribution is -2.52. The van der Waals surface area contributed by atoms with Gasteiger partial charge in [-0.2, -0.15) is 0 Å². The van der Waals surface area contributed by atoms with Crippen molar-refractivity contribution in [1.29, 1.82) is 0 Å². The molecule has 21 heavy (non-hydrogen) atoms. The second kappa shape index (κ2) is 7.95. The average molecular weight is 292 g/mol. The van der Waals surface area contributed by atoms with Crippen LogP contribution in [0.15, 0.2) is 24.4 Å². The first-order valence-corrected chi connectivity index (χ1v) is 7.46. The molecular formula is C15H24N4O2. The van der Waals surface area contributed by atoms with E-state index in [0.717, 1.165) is 32.0 Å². The number of rotatable bonds is 6. The van der Waals surface area contributed by atoms with Crippen LogP contribution in [0.25, 0.3) is 0 Å². The average Bonchev–Trinajstić information content (AvgIpc) is 2.54. The Morgan fingerprint density at radius 2 is 2.14 bits per heavy atom. The Balaban J connectivity index is 1.82. The number of nitrogens with zero attached hydrogens (tertiary/aromatic N) is 3. The Kier molecular flexibility index (Phi) is 5.95. The minimum atomic E-state index is -0.258. The zero-order valence-corrected chi connectivity index (χ0v) is 12.8. The maximum Gasteiger partial charge on any atom is 0.324 e. The molecule has 1 N–H and O–H groups in total. The second-order valence-corrected chi connectivity index (χ2v) is 5.07. The Morgan fingerprint density at radius 3 is 2.71 bits per heavy atom. The lowest BCUT2D eigenvalue weighted by molar-refractivity contribution is -0.146. The molecular weight excluding hydrogens is 268 g/mol. The van der Waals surface area contributed by atoms with Crippen molar-refractivity contribution in [2.24, 2.45) is 0 Å². The number of nitrogens with one attached hydrogen (secondary N) is 1. The Labute approximate surface area is 126 Å². The first kappa shape index (κ1) is 15.7. The Hall–Kier alpha value is -1.66. The van der Waals surface area contributed by atoms with E-state index in [4.69, 9.17) is 4.74 Å². The van der Waals surface area contributed by atoms with Crippen molar-refractivity contribution in [2.75, 3.05) is 51.3 Å². The first-order valence-electron chi connectivity index (χ1n) is 7.46. The number of aromatic nitrogens is 1. The molecule has 0 bridgehead atoms. The molecule has 2 heterocycles. The highest BCUT2D eigenvalue weighted by Crippen LogP contribution is 2.12. The number of likely N-dealkylation sites (N-methyl/N-ethyl adjacent to an activating group) is 1. The van der Waals surface area contributed by atoms with E-state index in [1.807, 2.05) is 31.3 Å². The first-order chi connectivity index (χ1) is 10.2. The molecule has 0 aliphatic carbocycles. The summed E-state index contributed by atoms with van der Waals surface area (Å²) in [5.41, 5.74) is 0. The molecule has 6 heteroatoms. The lowest BCUT2D eigenvalue weighted by Gasteiger charge is -2.36. The van der Waals surface area contributed by atoms with E-state index in [1.165, 1.54) is 0 Å². The highest BCUT2D eigenvalue weighted by molar-refractivity contribution is 5.76. The van der Waals surface area contributed by atoms with Crippen molar-refractivity contribution < 1.29 is 9.53 Å². The number of pyridine rings is 1. The van der Waals surface area contributed by atoms with Gasteiger partial charge in [-0.3, -0.25) is 9.69 Å². The van der Waals surface area contributed by atoms with Crippen LogP contribution < -0.4 is 10.2 Å². The highest BCUT2D eigenvalue weighted by atomic mass is 16.5. The number of hydrogen-bond donors (Lipinski definition) is 1. The highest BCUT2D eigenvalue weighted by Gasteiger charge is 2.24. The zero-order valence-electron chi connectivity index (χ0n) is 12.8. The molecule has 0 saturated carbocycles. The predicted octanol–water partition coefficient (Wildman–Crippen LogP) is 0.355. The van der Waals surface area contributed by atoms with Gasteiger partial charge in [-0.15, -0.1) is 0 Å². The zero-order chi connectivity index (χ0) is 15.1. The second-order valence-electron chi connectivity index (χ2n) is 5.07. The SMILES string of the molecule is CCOC(=O)C(CN1CCN(c2ccccn2)CC1)NC. The molecule has 1 atom stereocenters. The number of hydrogen-bond acceptors (Lipinski definition) is 6. The van der Waals surface area contributed by atoms with E-state index >= 15 is 0 Å². The lowest BCUT2D eigenvalue weighted by atomic mass is 10.2. The van der Waals surface area contributed by atoms with Crippen molar-refractivity contribution in [3.63, 3.8) is 0 Å². The maximum absolute atomic E-state index is 11.8. The number of anilines is 1. The topological polar surface area (TPSA) is 57.7 Å². The van der Waals surface area contributed by atoms with Crippen LogP contribution in [0.3, 0.4) is 0 Å². The fourth-order valence-electron chi connectivity index (χ4n) is 2.49. The summed E-state index contributed by atoms with van der Waals surface area (Å²) in [5.74, 6) is 0.847. The van der Waals surface area contributed by atoms with Crippen molar-refractivity contribution in [3.8, 4) is 0 Å². The standard InChI is InChI=1S/C15H24N4O2/c1-3-21-15(20)13(16-2)12-18-8-10-19(11-9-18)14-6-4-5-7-17-14/h4-7,13,16H,3,8-12H2,1-2H3. The minimum absolute atomic E-state index is 0.174. The molecule has 1 saturated heterocycles. The molecule has 1 unspecified atom stereocenters. The molecule has 1 aromatic heterocycles. The summed E-state index contributed by atoms with van der Waals surface area (Å²) >= 11 is 0. The molecule has 1 fully saturated rings. The molecule has 0 spiro atoms. The van der Waals surface area contributed by atoms with Gasteiger partial charge < -0.3 is 15.0 Å². The van der Waals surface area contributed by atoms with Gasteiger partial charge in [-0.05, 0) is 26.1 Å². The van der Waals surface area contributed by atoms with Crippen molar-refractivity contribution in [1.82, 2.24) is 15.2 Å². The summed E-state index contributed by atoms with van der Waals surface area (Å²) in [6.45, 7) is 6.64. The van der Waals surface area contributed by atoms with Crippen molar-refractivity contribution in [2.45, 2.75) is 13.0 Å². The summed E-state index contributed by atoms with van der Waals surface area (Å²) in [4.78, 5) is 20.7. The van der Waals surface area contributed by atoms with Gasteiger partial charge in [-0.25, -0.2) is 4.98 Å². The summed E-state index contributed by atoms with van der Waals surface area (Å²) in [7, 11) is 1.80. The summed E-state index contributed by atoms with van der Waals surface area (Å²) in [6.07, 6.45) is 1.82. The molecule has 1 aliphatic rings. The van der Waals surface area contributed by atoms with Gasteiger partial charge in [0.15, 0.2) is 0 Å². The van der Waals surface area contributed by atoms with Crippen molar-refractivity contribution >= 4 is 11.8 Å². The van der Waals surface area contributed by atoms with Crippen molar-refractivity contribution in [3.05, 3.63) is 24.4 Å². The van der Waals surface area contributed by atoms with E-state index in [1.54, 1.807) is 7.05 Å². The quantitative estimate of drug-likeness (QED) is 0.764. The minimum Gasteiger partial charge on any atom is -0.465 e. The third-order valence-corrected chi connectivity index (χ3v) is 3.71. The number of esters is 1. The molecule has 2 rings (SSSR count). The molecule has 116 valence electrons. The summed E-state index contributed by atoms with van der Waals surface area (Å²) < 4.78 is 5.08. The van der Waals surface area contributed by atoms with Gasteiger partial charge in [0.1, 0.15) is 11.9 Å². The molecule has 0 radical (unpaired) electrons. The third kappa shape index (κ3) is 4.41. The van der Waals surface area contributed by atoms with Crippen LogP contribution in [0.1, 0.15) is 6.92 Å². The molecule has 1 aromatic rings. The molecule has 6 nitrogen and oxygen atoms in total. The maximum atomic E-state index is 11.8. The predicted molar refractivity (Wildman–Crippen MR) is 82.4 cm³/mol. The van der Waals surface area contributed by atoms with Crippen LogP contribution in [0.4, 0.5) is 5.82 Å². The fourth-order valence-corrected chi connectivity index (χ4v) is 2.49. The molecule has 1 aliphatic heterocycles. The van der Waals surface area contributed by atoms with Crippen LogP contribution in [0.2, 0.25) is 0 Å². The van der Waals surface area contributed by atoms with Gasteiger partial charge in [0.05, 0.1) is 6.61 Å². The van der Waals surface area contributed by atoms with Crippen LogP contribution in [0.5, 0.6) is 0 Å². The summed E-state index contributed by atoms with van der Waals surface area (Å²) in [6, 6.07) is 5.71. The van der Waals surface area contributed by atoms with Gasteiger partial charge in [-0.1, -0.05) is 6.07 Å². The van der Waals surface area contributed by atoms with E-state index in [2.05, 4.69) is 20.1 Å². The summed E-state index contributed by atoms with van der Waals surface area (Å²) in [5, 5.41) is 3.03. The van der Waals surface area contributed by atoms with Gasteiger partial charge >= 0.3 is 5.97 Å². The van der Waals surface area contributed by atoms with E-state index in [0.29, 0.717) is 13.2 Å². The largest absolute Gasteiger partial charge is 0.465 e. The van der Waals surface area contributed by atoms with E-state index in [9.17, 15) is 4.79 Å². The normalized spacial score (nSPS) is 17.5. The fraction of sp³-hybridized carbons (Fsp3) is 0.600. The third-order valence-electron chi connectivity index (χ3n) is 3.71. The smallest absolute Gasteiger partial charge is 0.324 e. The van der Waals surface area contributed by atoms with Crippen LogP contribution in [-0.4, -0.2) is 68.3 Å². The number of carbonyl (C=O) groups is 1. The Morgan fingerprint density at radius 1 is 1.38 bits per heavy atom. The van der Waals surface area contributed by atoms with E-state index in [-0.39, 0.29) is 12.0 Å². The number of carbonyl (C=O) groups excluding carboxylic acids is 1. The monoisotopic (exact) mass is 292 g/mol. The molecule has 0 aromatic carbocycles. The van der Waals surface area contributed by atoms with Crippen LogP contribution >= 0.6 is 0 Å². The van der Waals surface area contributed by atoms with Crippen LogP contribution in [0, 0.1) is 0 Å². The van der Waals surface area contributed by atoms with Gasteiger partial charge in [0.25, 0.3) is 0 Å². The van der Waals surface area contributed by atoms with E-state index < -0.39 is 0 Å². The van der Waals surface area contributed by atoms with Gasteiger partial charge in [0, 0.05) is 38.9 Å². The molecule has 0 amide bonds. The Bertz CT molecular complexity index is 433.